The zero-order valence-corrected chi connectivity index (χ0v) is 13.7. The van der Waals surface area contributed by atoms with Crippen LogP contribution < -0.4 is 16.0 Å². The summed E-state index contributed by atoms with van der Waals surface area (Å²) in [5, 5.41) is 9.35. The number of halogens is 1. The number of rotatable bonds is 4. The van der Waals surface area contributed by atoms with Gasteiger partial charge in [0.1, 0.15) is 5.54 Å². The molecule has 21 heavy (non-hydrogen) atoms. The van der Waals surface area contributed by atoms with Crippen LogP contribution in [0.4, 0.5) is 0 Å². The minimum Gasteiger partial charge on any atom is -0.354 e. The molecule has 1 aliphatic heterocycles. The van der Waals surface area contributed by atoms with E-state index in [-0.39, 0.29) is 24.2 Å². The van der Waals surface area contributed by atoms with Crippen molar-refractivity contribution in [3.8, 4) is 0 Å². The van der Waals surface area contributed by atoms with Gasteiger partial charge in [-0.25, -0.2) is 0 Å². The van der Waals surface area contributed by atoms with Crippen LogP contribution >= 0.6 is 12.4 Å². The third-order valence-corrected chi connectivity index (χ3v) is 4.51. The molecule has 1 saturated heterocycles. The Morgan fingerprint density at radius 1 is 1.19 bits per heavy atom. The summed E-state index contributed by atoms with van der Waals surface area (Å²) in [6, 6.07) is 0. The lowest BCUT2D eigenvalue weighted by atomic mass is 9.80. The van der Waals surface area contributed by atoms with Crippen LogP contribution in [0, 0.1) is 5.92 Å². The van der Waals surface area contributed by atoms with Crippen LogP contribution in [-0.2, 0) is 9.59 Å². The molecule has 0 aromatic heterocycles. The predicted octanol–water partition coefficient (Wildman–Crippen LogP) is 1.36. The number of hydrogen-bond donors (Lipinski definition) is 3. The van der Waals surface area contributed by atoms with E-state index in [0.717, 1.165) is 45.2 Å². The second-order valence-corrected chi connectivity index (χ2v) is 6.25. The molecule has 2 fully saturated rings. The lowest BCUT2D eigenvalue weighted by molar-refractivity contribution is -0.134. The first-order valence-electron chi connectivity index (χ1n) is 7.90. The number of carbonyl (C=O) groups excluding carboxylic acids is 2. The topological polar surface area (TPSA) is 70.2 Å². The summed E-state index contributed by atoms with van der Waals surface area (Å²) in [6.45, 7) is 4.27. The summed E-state index contributed by atoms with van der Waals surface area (Å²) in [5.74, 6) is 0.421. The molecule has 0 bridgehead atoms. The fourth-order valence-corrected chi connectivity index (χ4v) is 3.41. The molecule has 0 spiro atoms. The monoisotopic (exact) mass is 317 g/mol. The number of nitrogens with one attached hydrogen (secondary N) is 3. The molecule has 3 N–H and O–H groups in total. The molecule has 2 rings (SSSR count). The van der Waals surface area contributed by atoms with Crippen molar-refractivity contribution in [3.63, 3.8) is 0 Å². The Bertz CT molecular complexity index is 351. The minimum absolute atomic E-state index is 0. The Kier molecular flexibility index (Phi) is 7.46. The van der Waals surface area contributed by atoms with E-state index in [9.17, 15) is 9.59 Å². The molecule has 1 saturated carbocycles. The van der Waals surface area contributed by atoms with Gasteiger partial charge in [-0.2, -0.15) is 0 Å². The maximum Gasteiger partial charge on any atom is 0.245 e. The van der Waals surface area contributed by atoms with Gasteiger partial charge in [-0.05, 0) is 44.7 Å². The zero-order valence-electron chi connectivity index (χ0n) is 12.9. The van der Waals surface area contributed by atoms with Crippen molar-refractivity contribution in [1.29, 1.82) is 0 Å². The van der Waals surface area contributed by atoms with Crippen molar-refractivity contribution in [2.45, 2.75) is 57.4 Å². The highest BCUT2D eigenvalue weighted by Crippen LogP contribution is 2.28. The van der Waals surface area contributed by atoms with E-state index < -0.39 is 5.54 Å². The van der Waals surface area contributed by atoms with Gasteiger partial charge in [0.2, 0.25) is 11.8 Å². The van der Waals surface area contributed by atoms with Gasteiger partial charge in [0, 0.05) is 13.5 Å². The van der Waals surface area contributed by atoms with Crippen molar-refractivity contribution < 1.29 is 9.59 Å². The zero-order chi connectivity index (χ0) is 14.4. The van der Waals surface area contributed by atoms with Gasteiger partial charge in [-0.1, -0.05) is 19.3 Å². The molecule has 1 heterocycles. The van der Waals surface area contributed by atoms with Gasteiger partial charge in [-0.15, -0.1) is 12.4 Å². The molecule has 2 aliphatic rings. The first kappa shape index (κ1) is 18.2. The molecule has 2 amide bonds. The third kappa shape index (κ3) is 5.15. The molecule has 1 unspecified atom stereocenters. The third-order valence-electron chi connectivity index (χ3n) is 4.51. The highest BCUT2D eigenvalue weighted by atomic mass is 35.5. The molecule has 6 heteroatoms. The Hall–Kier alpha value is -0.810. The van der Waals surface area contributed by atoms with Crippen LogP contribution in [0.25, 0.3) is 0 Å². The molecule has 0 aromatic rings. The molecular formula is C15H28ClN3O2. The van der Waals surface area contributed by atoms with E-state index in [1.54, 1.807) is 0 Å². The highest BCUT2D eigenvalue weighted by Gasteiger charge is 2.40. The van der Waals surface area contributed by atoms with E-state index in [1.807, 2.05) is 0 Å². The smallest absolute Gasteiger partial charge is 0.245 e. The highest BCUT2D eigenvalue weighted by molar-refractivity contribution is 5.91. The van der Waals surface area contributed by atoms with Crippen LogP contribution in [0.3, 0.4) is 0 Å². The van der Waals surface area contributed by atoms with Gasteiger partial charge < -0.3 is 16.0 Å². The normalized spacial score (nSPS) is 24.5. The predicted molar refractivity (Wildman–Crippen MR) is 85.5 cm³/mol. The van der Waals surface area contributed by atoms with Gasteiger partial charge in [0.05, 0.1) is 0 Å². The Labute approximate surface area is 133 Å². The summed E-state index contributed by atoms with van der Waals surface area (Å²) in [6.07, 6.45) is 7.05. The first-order valence-corrected chi connectivity index (χ1v) is 7.90. The van der Waals surface area contributed by atoms with E-state index in [0.29, 0.717) is 12.5 Å². The quantitative estimate of drug-likeness (QED) is 0.733. The SMILES string of the molecule is CC(=O)NC1(C(=O)NCC2CCCNC2)CCCCC1.Cl. The van der Waals surface area contributed by atoms with Gasteiger partial charge >= 0.3 is 0 Å². The maximum atomic E-state index is 12.6. The van der Waals surface area contributed by atoms with Gasteiger partial charge in [0.15, 0.2) is 0 Å². The summed E-state index contributed by atoms with van der Waals surface area (Å²) in [4.78, 5) is 24.0. The lowest BCUT2D eigenvalue weighted by Crippen LogP contribution is -2.60. The molecule has 5 nitrogen and oxygen atoms in total. The van der Waals surface area contributed by atoms with E-state index in [4.69, 9.17) is 0 Å². The summed E-state index contributed by atoms with van der Waals surface area (Å²) < 4.78 is 0. The number of amides is 2. The molecule has 1 atom stereocenters. The molecule has 1 aliphatic carbocycles. The van der Waals surface area contributed by atoms with Crippen LogP contribution in [0.1, 0.15) is 51.9 Å². The van der Waals surface area contributed by atoms with Crippen molar-refractivity contribution in [1.82, 2.24) is 16.0 Å². The second kappa shape index (κ2) is 8.59. The molecule has 0 radical (unpaired) electrons. The largest absolute Gasteiger partial charge is 0.354 e. The number of hydrogen-bond acceptors (Lipinski definition) is 3. The second-order valence-electron chi connectivity index (χ2n) is 6.25. The molecular weight excluding hydrogens is 290 g/mol. The van der Waals surface area contributed by atoms with Crippen molar-refractivity contribution in [2.24, 2.45) is 5.92 Å². The Morgan fingerprint density at radius 2 is 1.90 bits per heavy atom. The Morgan fingerprint density at radius 3 is 2.48 bits per heavy atom. The van der Waals surface area contributed by atoms with E-state index in [1.165, 1.54) is 19.8 Å². The van der Waals surface area contributed by atoms with Crippen molar-refractivity contribution in [2.75, 3.05) is 19.6 Å². The summed E-state index contributed by atoms with van der Waals surface area (Å²) >= 11 is 0. The van der Waals surface area contributed by atoms with Crippen LogP contribution in [-0.4, -0.2) is 37.0 Å². The summed E-state index contributed by atoms with van der Waals surface area (Å²) in [7, 11) is 0. The van der Waals surface area contributed by atoms with E-state index >= 15 is 0 Å². The number of piperidine rings is 1. The van der Waals surface area contributed by atoms with Crippen LogP contribution in [0.2, 0.25) is 0 Å². The van der Waals surface area contributed by atoms with Gasteiger partial charge in [0.25, 0.3) is 0 Å². The molecule has 122 valence electrons. The average molecular weight is 318 g/mol. The number of carbonyl (C=O) groups is 2. The standard InChI is InChI=1S/C15H27N3O2.ClH/c1-12(19)18-15(7-3-2-4-8-15)14(20)17-11-13-6-5-9-16-10-13;/h13,16H,2-11H2,1H3,(H,17,20)(H,18,19);1H. The lowest BCUT2D eigenvalue weighted by Gasteiger charge is -2.37. The fourth-order valence-electron chi connectivity index (χ4n) is 3.41. The maximum absolute atomic E-state index is 12.6. The van der Waals surface area contributed by atoms with Crippen LogP contribution in [0.5, 0.6) is 0 Å². The van der Waals surface area contributed by atoms with Gasteiger partial charge in [-0.3, -0.25) is 9.59 Å². The van der Waals surface area contributed by atoms with Crippen LogP contribution in [0.15, 0.2) is 0 Å². The summed E-state index contributed by atoms with van der Waals surface area (Å²) in [5.41, 5.74) is -0.661. The van der Waals surface area contributed by atoms with E-state index in [2.05, 4.69) is 16.0 Å². The molecule has 0 aromatic carbocycles. The first-order chi connectivity index (χ1) is 9.62. The van der Waals surface area contributed by atoms with Crippen molar-refractivity contribution >= 4 is 24.2 Å². The van der Waals surface area contributed by atoms with Crippen molar-refractivity contribution in [3.05, 3.63) is 0 Å². The fraction of sp³-hybridized carbons (Fsp3) is 0.867. The minimum atomic E-state index is -0.661. The Balaban J connectivity index is 0.00000220. The average Bonchev–Trinajstić information content (AvgIpc) is 2.46.